The number of carbonyl (C=O) groups excluding carboxylic acids is 1. The standard InChI is InChI=1S/C17H19NO3.C7H8O.C2H6/c1-2-6-13(11-19)15-17(16(20)18-15)14(21-17)10-9-12-7-4-3-5-8-12;1-8-7-5-3-2-4-6-7;1-2/h2-8,11,14-15,19H,9-10H2,1H3,(H,18,20);2-6H,1H3;1-2H3/b6-2-,13-11+;;. The highest BCUT2D eigenvalue weighted by molar-refractivity contribution is 5.97. The maximum Gasteiger partial charge on any atom is 0.258 e. The van der Waals surface area contributed by atoms with Gasteiger partial charge in [0.15, 0.2) is 5.60 Å². The highest BCUT2D eigenvalue weighted by Crippen LogP contribution is 2.50. The Labute approximate surface area is 185 Å². The molecule has 2 saturated heterocycles. The van der Waals surface area contributed by atoms with E-state index in [1.54, 1.807) is 13.2 Å². The van der Waals surface area contributed by atoms with Crippen molar-refractivity contribution in [3.63, 3.8) is 0 Å². The number of aliphatic hydroxyl groups is 1. The largest absolute Gasteiger partial charge is 0.515 e. The first-order valence-corrected chi connectivity index (χ1v) is 10.7. The smallest absolute Gasteiger partial charge is 0.258 e. The van der Waals surface area contributed by atoms with Crippen molar-refractivity contribution in [2.75, 3.05) is 7.11 Å². The summed E-state index contributed by atoms with van der Waals surface area (Å²) in [6.45, 7) is 5.87. The number of amides is 1. The Morgan fingerprint density at radius 3 is 2.23 bits per heavy atom. The second kappa shape index (κ2) is 12.0. The number of rotatable bonds is 6. The molecule has 2 aliphatic rings. The van der Waals surface area contributed by atoms with Crippen LogP contribution >= 0.6 is 0 Å². The maximum atomic E-state index is 11.9. The van der Waals surface area contributed by atoms with Crippen LogP contribution in [0.3, 0.4) is 0 Å². The van der Waals surface area contributed by atoms with Crippen LogP contribution in [0.25, 0.3) is 0 Å². The van der Waals surface area contributed by atoms with Gasteiger partial charge in [0.25, 0.3) is 5.91 Å². The molecule has 31 heavy (non-hydrogen) atoms. The van der Waals surface area contributed by atoms with Crippen molar-refractivity contribution in [2.45, 2.75) is 51.4 Å². The zero-order valence-corrected chi connectivity index (χ0v) is 18.7. The molecule has 0 radical (unpaired) electrons. The van der Waals surface area contributed by atoms with Gasteiger partial charge in [-0.2, -0.15) is 0 Å². The topological polar surface area (TPSA) is 71.1 Å². The van der Waals surface area contributed by atoms with Crippen LogP contribution in [0.15, 0.2) is 84.7 Å². The SMILES string of the molecule is C/C=C\C(=C/O)C1NC(=O)C12OC2CCc1ccccc1.CC.COc1ccccc1. The van der Waals surface area contributed by atoms with Gasteiger partial charge in [-0.15, -0.1) is 0 Å². The molecule has 4 rings (SSSR count). The lowest BCUT2D eigenvalue weighted by atomic mass is 9.80. The molecule has 3 atom stereocenters. The molecule has 166 valence electrons. The van der Waals surface area contributed by atoms with Crippen molar-refractivity contribution in [1.29, 1.82) is 0 Å². The lowest BCUT2D eigenvalue weighted by Crippen LogP contribution is -2.67. The minimum Gasteiger partial charge on any atom is -0.515 e. The predicted octanol–water partition coefficient (Wildman–Crippen LogP) is 4.99. The Bertz CT molecular complexity index is 863. The third-order valence-electron chi connectivity index (χ3n) is 5.18. The molecule has 1 spiro atoms. The van der Waals surface area contributed by atoms with Crippen molar-refractivity contribution in [2.24, 2.45) is 0 Å². The lowest BCUT2D eigenvalue weighted by Gasteiger charge is -2.35. The van der Waals surface area contributed by atoms with Crippen LogP contribution in [0.2, 0.25) is 0 Å². The first-order valence-electron chi connectivity index (χ1n) is 10.7. The number of aliphatic hydroxyl groups excluding tert-OH is 1. The number of ether oxygens (including phenoxy) is 2. The van der Waals surface area contributed by atoms with Crippen molar-refractivity contribution in [3.05, 3.63) is 90.2 Å². The van der Waals surface area contributed by atoms with Crippen LogP contribution in [-0.2, 0) is 16.0 Å². The number of epoxide rings is 1. The molecule has 0 aromatic heterocycles. The van der Waals surface area contributed by atoms with Gasteiger partial charge in [-0.05, 0) is 37.5 Å². The first-order chi connectivity index (χ1) is 15.2. The van der Waals surface area contributed by atoms with Crippen LogP contribution in [0.4, 0.5) is 0 Å². The van der Waals surface area contributed by atoms with Gasteiger partial charge in [0.1, 0.15) is 11.9 Å². The summed E-state index contributed by atoms with van der Waals surface area (Å²) in [5, 5.41) is 12.1. The van der Waals surface area contributed by atoms with Crippen molar-refractivity contribution in [3.8, 4) is 5.75 Å². The number of methoxy groups -OCH3 is 1. The Kier molecular flexibility index (Phi) is 9.35. The molecule has 2 N–H and O–H groups in total. The van der Waals surface area contributed by atoms with E-state index in [4.69, 9.17) is 9.47 Å². The molecule has 1 amide bonds. The average Bonchev–Trinajstić information content (AvgIpc) is 3.61. The number of allylic oxidation sites excluding steroid dienone is 1. The highest BCUT2D eigenvalue weighted by Gasteiger charge is 2.73. The summed E-state index contributed by atoms with van der Waals surface area (Å²) >= 11 is 0. The minimum absolute atomic E-state index is 0.0725. The van der Waals surface area contributed by atoms with Crippen LogP contribution in [0.1, 0.15) is 32.8 Å². The number of carbonyl (C=O) groups is 1. The van der Waals surface area contributed by atoms with E-state index in [1.165, 1.54) is 5.56 Å². The Morgan fingerprint density at radius 1 is 1.13 bits per heavy atom. The molecular weight excluding hydrogens is 390 g/mol. The molecule has 2 aliphatic heterocycles. The number of nitrogens with one attached hydrogen (secondary N) is 1. The van der Waals surface area contributed by atoms with Gasteiger partial charge in [0.2, 0.25) is 0 Å². The fourth-order valence-corrected chi connectivity index (χ4v) is 3.57. The molecule has 3 unspecified atom stereocenters. The normalized spacial score (nSPS) is 23.6. The van der Waals surface area contributed by atoms with E-state index in [-0.39, 0.29) is 18.1 Å². The van der Waals surface area contributed by atoms with Crippen molar-refractivity contribution < 1.29 is 19.4 Å². The van der Waals surface area contributed by atoms with Crippen LogP contribution in [-0.4, -0.2) is 35.9 Å². The van der Waals surface area contributed by atoms with E-state index >= 15 is 0 Å². The molecular formula is C26H33NO4. The number of hydrogen-bond donors (Lipinski definition) is 2. The molecule has 2 heterocycles. The second-order valence-electron chi connectivity index (χ2n) is 6.98. The Hall–Kier alpha value is -3.05. The summed E-state index contributed by atoms with van der Waals surface area (Å²) in [6.07, 6.45) is 6.29. The third kappa shape index (κ3) is 5.76. The number of β-lactam (4-membered cyclic amide) rings is 1. The van der Waals surface area contributed by atoms with Gasteiger partial charge in [0, 0.05) is 5.57 Å². The highest BCUT2D eigenvalue weighted by atomic mass is 16.6. The monoisotopic (exact) mass is 423 g/mol. The summed E-state index contributed by atoms with van der Waals surface area (Å²) in [5.41, 5.74) is 1.16. The van der Waals surface area contributed by atoms with E-state index in [0.29, 0.717) is 5.57 Å². The maximum absolute atomic E-state index is 11.9. The molecule has 5 nitrogen and oxygen atoms in total. The number of hydrogen-bond acceptors (Lipinski definition) is 4. The number of benzene rings is 2. The quantitative estimate of drug-likeness (QED) is 0.297. The summed E-state index contributed by atoms with van der Waals surface area (Å²) < 4.78 is 10.6. The van der Waals surface area contributed by atoms with Gasteiger partial charge >= 0.3 is 0 Å². The molecule has 2 aromatic carbocycles. The molecule has 0 bridgehead atoms. The molecule has 2 aromatic rings. The zero-order valence-electron chi connectivity index (χ0n) is 18.7. The Balaban J connectivity index is 0.000000286. The average molecular weight is 424 g/mol. The van der Waals surface area contributed by atoms with Gasteiger partial charge in [-0.1, -0.05) is 74.5 Å². The van der Waals surface area contributed by atoms with Crippen LogP contribution in [0.5, 0.6) is 5.75 Å². The lowest BCUT2D eigenvalue weighted by molar-refractivity contribution is -0.135. The number of aryl methyl sites for hydroxylation is 1. The molecule has 0 aliphatic carbocycles. The summed E-state index contributed by atoms with van der Waals surface area (Å²) in [4.78, 5) is 11.9. The van der Waals surface area contributed by atoms with E-state index in [1.807, 2.05) is 75.4 Å². The van der Waals surface area contributed by atoms with Crippen molar-refractivity contribution >= 4 is 5.91 Å². The number of para-hydroxylation sites is 1. The predicted molar refractivity (Wildman–Crippen MR) is 124 cm³/mol. The van der Waals surface area contributed by atoms with E-state index < -0.39 is 5.60 Å². The second-order valence-corrected chi connectivity index (χ2v) is 6.98. The van der Waals surface area contributed by atoms with E-state index in [2.05, 4.69) is 17.4 Å². The fraction of sp³-hybridized carbons (Fsp3) is 0.346. The summed E-state index contributed by atoms with van der Waals surface area (Å²) in [7, 11) is 1.66. The summed E-state index contributed by atoms with van der Waals surface area (Å²) in [6, 6.07) is 19.6. The minimum atomic E-state index is -0.761. The van der Waals surface area contributed by atoms with Crippen molar-refractivity contribution in [1.82, 2.24) is 5.32 Å². The van der Waals surface area contributed by atoms with Gasteiger partial charge in [-0.3, -0.25) is 4.79 Å². The van der Waals surface area contributed by atoms with E-state index in [0.717, 1.165) is 24.9 Å². The van der Waals surface area contributed by atoms with Gasteiger partial charge < -0.3 is 19.9 Å². The zero-order chi connectivity index (χ0) is 22.7. The van der Waals surface area contributed by atoms with Gasteiger partial charge in [0.05, 0.1) is 19.4 Å². The molecule has 5 heteroatoms. The summed E-state index contributed by atoms with van der Waals surface area (Å²) in [5.74, 6) is 0.835. The van der Waals surface area contributed by atoms with Gasteiger partial charge in [-0.25, -0.2) is 0 Å². The van der Waals surface area contributed by atoms with Crippen LogP contribution < -0.4 is 10.1 Å². The fourth-order valence-electron chi connectivity index (χ4n) is 3.57. The van der Waals surface area contributed by atoms with Crippen LogP contribution in [0, 0.1) is 0 Å². The third-order valence-corrected chi connectivity index (χ3v) is 5.18. The Morgan fingerprint density at radius 2 is 1.74 bits per heavy atom. The first kappa shape index (κ1) is 24.2. The molecule has 0 saturated carbocycles. The molecule has 2 fully saturated rings. The van der Waals surface area contributed by atoms with E-state index in [9.17, 15) is 9.90 Å².